The highest BCUT2D eigenvalue weighted by Gasteiger charge is 2.19. The van der Waals surface area contributed by atoms with E-state index >= 15 is 0 Å². The van der Waals surface area contributed by atoms with Crippen LogP contribution in [0.1, 0.15) is 35.6 Å². The van der Waals surface area contributed by atoms with Crippen LogP contribution < -0.4 is 5.32 Å². The van der Waals surface area contributed by atoms with Gasteiger partial charge in [0.15, 0.2) is 0 Å². The lowest BCUT2D eigenvalue weighted by Crippen LogP contribution is -2.22. The zero-order chi connectivity index (χ0) is 14.5. The van der Waals surface area contributed by atoms with Gasteiger partial charge in [0, 0.05) is 11.6 Å². The molecule has 0 amide bonds. The number of aryl methyl sites for hydroxylation is 1. The summed E-state index contributed by atoms with van der Waals surface area (Å²) in [6.45, 7) is 5.55. The van der Waals surface area contributed by atoms with Gasteiger partial charge in [-0.2, -0.15) is 0 Å². The van der Waals surface area contributed by atoms with Gasteiger partial charge in [-0.1, -0.05) is 40.5 Å². The number of nitrogens with one attached hydrogen (secondary N) is 1. The zero-order valence-electron chi connectivity index (χ0n) is 12.1. The number of furan rings is 1. The first-order valence-corrected chi connectivity index (χ1v) is 7.52. The molecule has 20 heavy (non-hydrogen) atoms. The summed E-state index contributed by atoms with van der Waals surface area (Å²) in [4.78, 5) is 0. The number of ether oxygens (including phenoxy) is 1. The maximum Gasteiger partial charge on any atom is 0.129 e. The SMILES string of the molecule is CCNC(c1ccc(COC)o1)c1cc(C)ccc1Br. The van der Waals surface area contributed by atoms with Crippen molar-refractivity contribution < 1.29 is 9.15 Å². The van der Waals surface area contributed by atoms with Crippen LogP contribution in [0.3, 0.4) is 0 Å². The van der Waals surface area contributed by atoms with Gasteiger partial charge >= 0.3 is 0 Å². The summed E-state index contributed by atoms with van der Waals surface area (Å²) in [5.74, 6) is 1.75. The molecule has 0 radical (unpaired) electrons. The van der Waals surface area contributed by atoms with Gasteiger partial charge in [0.1, 0.15) is 18.1 Å². The predicted octanol–water partition coefficient (Wildman–Crippen LogP) is 4.20. The fourth-order valence-corrected chi connectivity index (χ4v) is 2.70. The average Bonchev–Trinajstić information content (AvgIpc) is 2.88. The van der Waals surface area contributed by atoms with Gasteiger partial charge in [0.2, 0.25) is 0 Å². The van der Waals surface area contributed by atoms with Gasteiger partial charge in [0.05, 0.1) is 6.04 Å². The molecule has 2 aromatic rings. The smallest absolute Gasteiger partial charge is 0.129 e. The van der Waals surface area contributed by atoms with Crippen molar-refractivity contribution in [2.45, 2.75) is 26.5 Å². The van der Waals surface area contributed by atoms with Crippen LogP contribution in [0.5, 0.6) is 0 Å². The third-order valence-electron chi connectivity index (χ3n) is 3.12. The lowest BCUT2D eigenvalue weighted by molar-refractivity contribution is 0.162. The van der Waals surface area contributed by atoms with Crippen molar-refractivity contribution in [3.05, 3.63) is 57.5 Å². The minimum atomic E-state index is 0.0416. The highest BCUT2D eigenvalue weighted by Crippen LogP contribution is 2.30. The molecule has 3 nitrogen and oxygen atoms in total. The van der Waals surface area contributed by atoms with Crippen molar-refractivity contribution in [2.24, 2.45) is 0 Å². The van der Waals surface area contributed by atoms with Gasteiger partial charge in [-0.05, 0) is 37.2 Å². The summed E-state index contributed by atoms with van der Waals surface area (Å²) in [6.07, 6.45) is 0. The van der Waals surface area contributed by atoms with E-state index in [-0.39, 0.29) is 6.04 Å². The number of hydrogen-bond acceptors (Lipinski definition) is 3. The van der Waals surface area contributed by atoms with E-state index in [0.717, 1.165) is 22.5 Å². The summed E-state index contributed by atoms with van der Waals surface area (Å²) < 4.78 is 12.1. The first-order valence-electron chi connectivity index (χ1n) is 6.72. The fourth-order valence-electron chi connectivity index (χ4n) is 2.22. The van der Waals surface area contributed by atoms with E-state index in [0.29, 0.717) is 6.61 Å². The topological polar surface area (TPSA) is 34.4 Å². The van der Waals surface area contributed by atoms with E-state index in [1.165, 1.54) is 11.1 Å². The Bertz CT molecular complexity index is 565. The average molecular weight is 338 g/mol. The molecule has 1 aromatic carbocycles. The second kappa shape index (κ2) is 7.07. The highest BCUT2D eigenvalue weighted by atomic mass is 79.9. The maximum atomic E-state index is 5.88. The molecular formula is C16H20BrNO2. The molecule has 0 saturated carbocycles. The molecule has 1 N–H and O–H groups in total. The van der Waals surface area contributed by atoms with Crippen LogP contribution >= 0.6 is 15.9 Å². The van der Waals surface area contributed by atoms with Gasteiger partial charge in [-0.15, -0.1) is 0 Å². The number of rotatable bonds is 6. The lowest BCUT2D eigenvalue weighted by Gasteiger charge is -2.18. The van der Waals surface area contributed by atoms with Crippen LogP contribution in [0.2, 0.25) is 0 Å². The Morgan fingerprint density at radius 1 is 1.30 bits per heavy atom. The highest BCUT2D eigenvalue weighted by molar-refractivity contribution is 9.10. The molecule has 0 fully saturated rings. The molecule has 4 heteroatoms. The first kappa shape index (κ1) is 15.3. The van der Waals surface area contributed by atoms with E-state index in [9.17, 15) is 0 Å². The molecule has 1 atom stereocenters. The minimum absolute atomic E-state index is 0.0416. The minimum Gasteiger partial charge on any atom is -0.462 e. The molecule has 108 valence electrons. The quantitative estimate of drug-likeness (QED) is 0.857. The van der Waals surface area contributed by atoms with Crippen LogP contribution in [0.25, 0.3) is 0 Å². The van der Waals surface area contributed by atoms with Gasteiger partial charge < -0.3 is 14.5 Å². The summed E-state index contributed by atoms with van der Waals surface area (Å²) in [5.41, 5.74) is 2.42. The first-order chi connectivity index (χ1) is 9.65. The maximum absolute atomic E-state index is 5.88. The van der Waals surface area contributed by atoms with Gasteiger partial charge in [-0.3, -0.25) is 0 Å². The van der Waals surface area contributed by atoms with Gasteiger partial charge in [-0.25, -0.2) is 0 Å². The van der Waals surface area contributed by atoms with Crippen molar-refractivity contribution >= 4 is 15.9 Å². The number of hydrogen-bond donors (Lipinski definition) is 1. The molecule has 2 rings (SSSR count). The number of halogens is 1. The Hall–Kier alpha value is -1.10. The van der Waals surface area contributed by atoms with Gasteiger partial charge in [0.25, 0.3) is 0 Å². The predicted molar refractivity (Wildman–Crippen MR) is 83.8 cm³/mol. The third-order valence-corrected chi connectivity index (χ3v) is 3.85. The molecule has 1 unspecified atom stereocenters. The van der Waals surface area contributed by atoms with Crippen LogP contribution in [-0.2, 0) is 11.3 Å². The molecule has 0 saturated heterocycles. The van der Waals surface area contributed by atoms with Crippen LogP contribution in [0, 0.1) is 6.92 Å². The van der Waals surface area contributed by atoms with E-state index in [1.807, 2.05) is 12.1 Å². The summed E-state index contributed by atoms with van der Waals surface area (Å²) >= 11 is 3.63. The molecule has 0 aliphatic heterocycles. The van der Waals surface area contributed by atoms with Crippen molar-refractivity contribution in [3.63, 3.8) is 0 Å². The van der Waals surface area contributed by atoms with Crippen LogP contribution in [0.15, 0.2) is 39.2 Å². The molecule has 0 aliphatic rings. The number of methoxy groups -OCH3 is 1. The largest absolute Gasteiger partial charge is 0.462 e. The van der Waals surface area contributed by atoms with Crippen molar-refractivity contribution in [1.29, 1.82) is 0 Å². The Labute approximate surface area is 128 Å². The Balaban J connectivity index is 2.36. The standard InChI is InChI=1S/C16H20BrNO2/c1-4-18-16(13-9-11(2)5-7-14(13)17)15-8-6-12(20-15)10-19-3/h5-9,16,18H,4,10H2,1-3H3. The summed E-state index contributed by atoms with van der Waals surface area (Å²) in [6, 6.07) is 10.4. The van der Waals surface area contributed by atoms with E-state index in [1.54, 1.807) is 7.11 Å². The van der Waals surface area contributed by atoms with E-state index in [4.69, 9.17) is 9.15 Å². The van der Waals surface area contributed by atoms with E-state index < -0.39 is 0 Å². The monoisotopic (exact) mass is 337 g/mol. The summed E-state index contributed by atoms with van der Waals surface area (Å²) in [7, 11) is 1.67. The normalized spacial score (nSPS) is 12.6. The molecule has 1 heterocycles. The third kappa shape index (κ3) is 3.51. The molecule has 0 aliphatic carbocycles. The van der Waals surface area contributed by atoms with Crippen molar-refractivity contribution in [1.82, 2.24) is 5.32 Å². The summed E-state index contributed by atoms with van der Waals surface area (Å²) in [5, 5.41) is 3.47. The van der Waals surface area contributed by atoms with Crippen molar-refractivity contribution in [3.8, 4) is 0 Å². The Kier molecular flexibility index (Phi) is 5.40. The second-order valence-corrected chi connectivity index (χ2v) is 5.61. The van der Waals surface area contributed by atoms with E-state index in [2.05, 4.69) is 53.3 Å². The lowest BCUT2D eigenvalue weighted by atomic mass is 10.0. The zero-order valence-corrected chi connectivity index (χ0v) is 13.7. The molecule has 1 aromatic heterocycles. The molecule has 0 bridgehead atoms. The molecule has 0 spiro atoms. The number of benzene rings is 1. The van der Waals surface area contributed by atoms with Crippen LogP contribution in [0.4, 0.5) is 0 Å². The van der Waals surface area contributed by atoms with Crippen molar-refractivity contribution in [2.75, 3.05) is 13.7 Å². The fraction of sp³-hybridized carbons (Fsp3) is 0.375. The second-order valence-electron chi connectivity index (χ2n) is 4.75. The molecular weight excluding hydrogens is 318 g/mol. The Morgan fingerprint density at radius 2 is 2.10 bits per heavy atom. The Morgan fingerprint density at radius 3 is 2.80 bits per heavy atom. The van der Waals surface area contributed by atoms with Crippen LogP contribution in [-0.4, -0.2) is 13.7 Å².